The number of nitrogens with two attached hydrogens (primary N) is 1. The first-order valence-corrected chi connectivity index (χ1v) is 5.81. The molecule has 0 aliphatic heterocycles. The molecule has 2 atom stereocenters. The van der Waals surface area contributed by atoms with Crippen molar-refractivity contribution in [1.82, 2.24) is 4.68 Å². The number of aromatic nitrogens is 1. The molecule has 0 bridgehead atoms. The average Bonchev–Trinajstić information content (AvgIpc) is 2.79. The maximum Gasteiger partial charge on any atom is 0.243 e. The molecule has 0 radical (unpaired) electrons. The molecule has 16 heavy (non-hydrogen) atoms. The lowest BCUT2D eigenvalue weighted by Crippen LogP contribution is -2.38. The standard InChI is InChI=1S/C12H19N3O/c1-8-6-7-9(2)15(8)14-12(16)10-4-3-5-11(10)13/h6-7,10-11H,3-5,13H2,1-2H3,(H,14,16). The van der Waals surface area contributed by atoms with Gasteiger partial charge < -0.3 is 5.73 Å². The van der Waals surface area contributed by atoms with Crippen molar-refractivity contribution in [3.8, 4) is 0 Å². The van der Waals surface area contributed by atoms with Crippen LogP contribution in [-0.2, 0) is 4.79 Å². The Morgan fingerprint density at radius 2 is 2.00 bits per heavy atom. The highest BCUT2D eigenvalue weighted by atomic mass is 16.2. The van der Waals surface area contributed by atoms with Crippen molar-refractivity contribution >= 4 is 5.91 Å². The van der Waals surface area contributed by atoms with Gasteiger partial charge in [-0.3, -0.25) is 14.9 Å². The van der Waals surface area contributed by atoms with Gasteiger partial charge in [0, 0.05) is 17.4 Å². The molecule has 2 rings (SSSR count). The third-order valence-electron chi connectivity index (χ3n) is 3.40. The fourth-order valence-electron chi connectivity index (χ4n) is 2.35. The number of amides is 1. The van der Waals surface area contributed by atoms with E-state index in [2.05, 4.69) is 5.43 Å². The van der Waals surface area contributed by atoms with Gasteiger partial charge in [0.1, 0.15) is 0 Å². The molecular weight excluding hydrogens is 202 g/mol. The summed E-state index contributed by atoms with van der Waals surface area (Å²) in [5, 5.41) is 0. The molecule has 0 spiro atoms. The van der Waals surface area contributed by atoms with Gasteiger partial charge in [-0.15, -0.1) is 0 Å². The van der Waals surface area contributed by atoms with Crippen LogP contribution in [0.3, 0.4) is 0 Å². The molecule has 1 saturated carbocycles. The SMILES string of the molecule is Cc1ccc(C)n1NC(=O)C1CCCC1N. The van der Waals surface area contributed by atoms with E-state index >= 15 is 0 Å². The molecule has 0 saturated heterocycles. The molecule has 0 aromatic carbocycles. The van der Waals surface area contributed by atoms with Gasteiger partial charge >= 0.3 is 0 Å². The fourth-order valence-corrected chi connectivity index (χ4v) is 2.35. The summed E-state index contributed by atoms with van der Waals surface area (Å²) in [4.78, 5) is 12.0. The highest BCUT2D eigenvalue weighted by Gasteiger charge is 2.30. The number of hydrogen-bond donors (Lipinski definition) is 2. The van der Waals surface area contributed by atoms with E-state index < -0.39 is 0 Å². The molecule has 88 valence electrons. The van der Waals surface area contributed by atoms with Crippen LogP contribution in [0.15, 0.2) is 12.1 Å². The first-order chi connectivity index (χ1) is 7.59. The van der Waals surface area contributed by atoms with Crippen LogP contribution < -0.4 is 11.2 Å². The van der Waals surface area contributed by atoms with Crippen LogP contribution in [0.5, 0.6) is 0 Å². The molecule has 2 unspecified atom stereocenters. The van der Waals surface area contributed by atoms with Crippen molar-refractivity contribution in [2.24, 2.45) is 11.7 Å². The maximum atomic E-state index is 12.0. The first-order valence-electron chi connectivity index (χ1n) is 5.81. The average molecular weight is 221 g/mol. The monoisotopic (exact) mass is 221 g/mol. The van der Waals surface area contributed by atoms with E-state index in [0.29, 0.717) is 0 Å². The second-order valence-corrected chi connectivity index (χ2v) is 4.63. The zero-order valence-electron chi connectivity index (χ0n) is 9.86. The second kappa shape index (κ2) is 4.29. The van der Waals surface area contributed by atoms with Crippen LogP contribution in [0.2, 0.25) is 0 Å². The minimum Gasteiger partial charge on any atom is -0.327 e. The summed E-state index contributed by atoms with van der Waals surface area (Å²) in [6, 6.07) is 4.00. The largest absolute Gasteiger partial charge is 0.327 e. The Morgan fingerprint density at radius 3 is 2.50 bits per heavy atom. The van der Waals surface area contributed by atoms with E-state index in [1.165, 1.54) is 0 Å². The van der Waals surface area contributed by atoms with E-state index in [9.17, 15) is 4.79 Å². The Labute approximate surface area is 95.8 Å². The van der Waals surface area contributed by atoms with Gasteiger partial charge in [-0.1, -0.05) is 6.42 Å². The van der Waals surface area contributed by atoms with Gasteiger partial charge in [-0.05, 0) is 38.8 Å². The minimum absolute atomic E-state index is 0.0242. The van der Waals surface area contributed by atoms with Crippen molar-refractivity contribution in [1.29, 1.82) is 0 Å². The number of carbonyl (C=O) groups excluding carboxylic acids is 1. The Balaban J connectivity index is 2.07. The topological polar surface area (TPSA) is 60.0 Å². The number of nitrogens with zero attached hydrogens (tertiary/aromatic N) is 1. The van der Waals surface area contributed by atoms with Crippen molar-refractivity contribution in [3.05, 3.63) is 23.5 Å². The summed E-state index contributed by atoms with van der Waals surface area (Å²) >= 11 is 0. The van der Waals surface area contributed by atoms with Gasteiger partial charge in [0.05, 0.1) is 5.92 Å². The molecule has 1 heterocycles. The van der Waals surface area contributed by atoms with Gasteiger partial charge in [0.25, 0.3) is 0 Å². The molecule has 1 aliphatic carbocycles. The van der Waals surface area contributed by atoms with Crippen LogP contribution in [0.1, 0.15) is 30.7 Å². The zero-order chi connectivity index (χ0) is 11.7. The predicted molar refractivity (Wildman–Crippen MR) is 63.6 cm³/mol. The summed E-state index contributed by atoms with van der Waals surface area (Å²) in [7, 11) is 0. The van der Waals surface area contributed by atoms with Gasteiger partial charge in [0.2, 0.25) is 5.91 Å². The Hall–Kier alpha value is -1.29. The van der Waals surface area contributed by atoms with Gasteiger partial charge in [-0.25, -0.2) is 0 Å². The summed E-state index contributed by atoms with van der Waals surface area (Å²) in [5.41, 5.74) is 10.9. The van der Waals surface area contributed by atoms with Crippen LogP contribution in [0.25, 0.3) is 0 Å². The number of carbonyl (C=O) groups is 1. The smallest absolute Gasteiger partial charge is 0.243 e. The molecule has 1 fully saturated rings. The minimum atomic E-state index is -0.0267. The quantitative estimate of drug-likeness (QED) is 0.791. The lowest BCUT2D eigenvalue weighted by atomic mass is 10.0. The van der Waals surface area contributed by atoms with Crippen molar-refractivity contribution in [2.45, 2.75) is 39.2 Å². The van der Waals surface area contributed by atoms with E-state index in [4.69, 9.17) is 5.73 Å². The third-order valence-corrected chi connectivity index (χ3v) is 3.40. The van der Waals surface area contributed by atoms with Crippen LogP contribution in [0, 0.1) is 19.8 Å². The Bertz CT molecular complexity index is 377. The first kappa shape index (κ1) is 11.2. The summed E-state index contributed by atoms with van der Waals surface area (Å²) in [5.74, 6) is 0.0219. The van der Waals surface area contributed by atoms with Crippen molar-refractivity contribution in [2.75, 3.05) is 5.43 Å². The van der Waals surface area contributed by atoms with Crippen LogP contribution in [-0.4, -0.2) is 16.6 Å². The lowest BCUT2D eigenvalue weighted by molar-refractivity contribution is -0.121. The zero-order valence-corrected chi connectivity index (χ0v) is 9.86. The molecule has 4 heteroatoms. The maximum absolute atomic E-state index is 12.0. The predicted octanol–water partition coefficient (Wildman–Crippen LogP) is 1.30. The van der Waals surface area contributed by atoms with Crippen molar-refractivity contribution < 1.29 is 4.79 Å². The number of rotatable bonds is 2. The number of aryl methyl sites for hydroxylation is 2. The van der Waals surface area contributed by atoms with E-state index in [-0.39, 0.29) is 17.9 Å². The molecule has 3 N–H and O–H groups in total. The molecule has 1 amide bonds. The molecule has 4 nitrogen and oxygen atoms in total. The third kappa shape index (κ3) is 1.97. The molecule has 1 aromatic heterocycles. The van der Waals surface area contributed by atoms with Gasteiger partial charge in [0.15, 0.2) is 0 Å². The summed E-state index contributed by atoms with van der Waals surface area (Å²) < 4.78 is 1.83. The highest BCUT2D eigenvalue weighted by Crippen LogP contribution is 2.24. The molecular formula is C12H19N3O. The van der Waals surface area contributed by atoms with Crippen LogP contribution >= 0.6 is 0 Å². The fraction of sp³-hybridized carbons (Fsp3) is 0.583. The normalized spacial score (nSPS) is 24.7. The summed E-state index contributed by atoms with van der Waals surface area (Å²) in [6.45, 7) is 3.95. The lowest BCUT2D eigenvalue weighted by Gasteiger charge is -2.17. The molecule has 1 aromatic rings. The second-order valence-electron chi connectivity index (χ2n) is 4.63. The van der Waals surface area contributed by atoms with Gasteiger partial charge in [-0.2, -0.15) is 0 Å². The Kier molecular flexibility index (Phi) is 3.01. The van der Waals surface area contributed by atoms with E-state index in [0.717, 1.165) is 30.7 Å². The Morgan fingerprint density at radius 1 is 1.38 bits per heavy atom. The summed E-state index contributed by atoms with van der Waals surface area (Å²) in [6.07, 6.45) is 2.93. The van der Waals surface area contributed by atoms with Crippen molar-refractivity contribution in [3.63, 3.8) is 0 Å². The highest BCUT2D eigenvalue weighted by molar-refractivity contribution is 5.87. The number of hydrogen-bond acceptors (Lipinski definition) is 2. The van der Waals surface area contributed by atoms with E-state index in [1.807, 2.05) is 30.7 Å². The van der Waals surface area contributed by atoms with Crippen LogP contribution in [0.4, 0.5) is 0 Å². The number of nitrogens with one attached hydrogen (secondary N) is 1. The molecule has 1 aliphatic rings. The van der Waals surface area contributed by atoms with E-state index in [1.54, 1.807) is 0 Å².